The Bertz CT molecular complexity index is 141. The fourth-order valence-corrected chi connectivity index (χ4v) is 0. The van der Waals surface area contributed by atoms with Crippen molar-refractivity contribution in [2.45, 2.75) is 0 Å². The molecule has 0 aliphatic rings. The maximum atomic E-state index is 8.88. The van der Waals surface area contributed by atoms with E-state index < -0.39 is 15.6 Å². The van der Waals surface area contributed by atoms with Gasteiger partial charge in [-0.2, -0.15) is 7.82 Å². The zero-order valence-electron chi connectivity index (χ0n) is 7.30. The van der Waals surface area contributed by atoms with Gasteiger partial charge in [0.1, 0.15) is 0 Å². The van der Waals surface area contributed by atoms with Gasteiger partial charge in [0.05, 0.1) is 0 Å². The van der Waals surface area contributed by atoms with Gasteiger partial charge in [-0.05, 0) is 0 Å². The van der Waals surface area contributed by atoms with E-state index in [0.29, 0.717) is 0 Å². The van der Waals surface area contributed by atoms with Gasteiger partial charge in [0.25, 0.3) is 0 Å². The summed E-state index contributed by atoms with van der Waals surface area (Å²) in [5, 5.41) is 0. The molecule has 0 radical (unpaired) electrons. The van der Waals surface area contributed by atoms with Gasteiger partial charge in [-0.25, -0.2) is 4.57 Å². The molecule has 0 rings (SSSR count). The smallest absolute Gasteiger partial charge is 0.822 e. The molecule has 12 N–H and O–H groups in total. The molecule has 11 nitrogen and oxygen atoms in total. The Morgan fingerprint density at radius 2 is 0.688 bits per heavy atom. The average molecular weight is 568 g/mol. The van der Waals surface area contributed by atoms with Crippen molar-refractivity contribution in [3.63, 3.8) is 0 Å². The van der Waals surface area contributed by atoms with Crippen LogP contribution in [0, 0.1) is 0 Å². The largest absolute Gasteiger partial charge is 1.00 e. The van der Waals surface area contributed by atoms with Crippen LogP contribution in [0.25, 0.3) is 0 Å². The molecular weight excluding hydrogens is 556 g/mol. The third kappa shape index (κ3) is 711. The first-order valence-electron chi connectivity index (χ1n) is 1.51. The molecule has 0 saturated carbocycles. The monoisotopic (exact) mass is 565 g/mol. The number of hydrogen-bond donors (Lipinski definition) is 6. The van der Waals surface area contributed by atoms with Gasteiger partial charge in [-0.1, -0.05) is 0 Å². The van der Waals surface area contributed by atoms with Gasteiger partial charge in [0.2, 0.25) is 0 Å². The van der Waals surface area contributed by atoms with Crippen LogP contribution in [0.1, 0.15) is 0 Å². The summed E-state index contributed by atoms with van der Waals surface area (Å²) in [5.74, 6) is 0. The number of phosphoric acid groups is 2. The van der Waals surface area contributed by atoms with Crippen molar-refractivity contribution >= 4 is 15.6 Å². The molecule has 0 amide bonds. The van der Waals surface area contributed by atoms with Crippen LogP contribution in [-0.2, 0) is 76.3 Å². The second-order valence-electron chi connectivity index (χ2n) is 0.960. The van der Waals surface area contributed by atoms with E-state index >= 15 is 0 Å². The molecule has 16 heteroatoms. The van der Waals surface area contributed by atoms with Crippen molar-refractivity contribution in [2.24, 2.45) is 0 Å². The van der Waals surface area contributed by atoms with E-state index in [1.165, 1.54) is 0 Å². The van der Waals surface area contributed by atoms with E-state index in [0.717, 1.165) is 0 Å². The van der Waals surface area contributed by atoms with E-state index in [9.17, 15) is 0 Å². The first kappa shape index (κ1) is 51.6. The van der Waals surface area contributed by atoms with Crippen molar-refractivity contribution in [1.82, 2.24) is 18.5 Å². The van der Waals surface area contributed by atoms with Gasteiger partial charge in [0.15, 0.2) is 0 Å². The molecule has 0 aromatic carbocycles. The first-order chi connectivity index (χ1) is 4.00. The predicted octanol–water partition coefficient (Wildman–Crippen LogP) is -3.27. The normalized spacial score (nSPS) is 7.38. The van der Waals surface area contributed by atoms with Gasteiger partial charge in [-0.3, -0.25) is 0 Å². The first-order valence-corrected chi connectivity index (χ1v) is 4.54. The van der Waals surface area contributed by atoms with Crippen molar-refractivity contribution < 1.29 is 106 Å². The van der Waals surface area contributed by atoms with Crippen molar-refractivity contribution in [3.05, 3.63) is 0 Å². The zero-order chi connectivity index (χ0) is 9.00. The van der Waals surface area contributed by atoms with E-state index in [1.54, 1.807) is 0 Å². The van der Waals surface area contributed by atoms with Crippen LogP contribution < -0.4 is 33.1 Å². The summed E-state index contributed by atoms with van der Waals surface area (Å²) in [6.07, 6.45) is 0. The summed E-state index contributed by atoms with van der Waals surface area (Å²) in [6, 6.07) is 0. The molecule has 0 aliphatic heterocycles. The maximum Gasteiger partial charge on any atom is 1.00 e. The van der Waals surface area contributed by atoms with E-state index in [4.69, 9.17) is 38.5 Å². The SMILES string of the molecule is N.N.N.O=P(O)(O)O.O=P([O-])([O-])[O-].[Ag+].[Ag+].[Ag+]. The third-order valence-electron chi connectivity index (χ3n) is 0. The van der Waals surface area contributed by atoms with E-state index in [-0.39, 0.29) is 85.6 Å². The zero-order valence-corrected chi connectivity index (χ0v) is 13.5. The summed E-state index contributed by atoms with van der Waals surface area (Å²) in [5.41, 5.74) is 0. The Morgan fingerprint density at radius 3 is 0.688 bits per heavy atom. The summed E-state index contributed by atoms with van der Waals surface area (Å²) >= 11 is 0. The second kappa shape index (κ2) is 22.5. The van der Waals surface area contributed by atoms with Crippen LogP contribution in [0.3, 0.4) is 0 Å². The molecule has 0 aliphatic carbocycles. The Kier molecular flexibility index (Phi) is 72.6. The van der Waals surface area contributed by atoms with Crippen molar-refractivity contribution in [1.29, 1.82) is 0 Å². The van der Waals surface area contributed by atoms with Crippen LogP contribution in [-0.4, -0.2) is 14.7 Å². The molecule has 0 spiro atoms. The van der Waals surface area contributed by atoms with Crippen LogP contribution in [0.2, 0.25) is 0 Å². The van der Waals surface area contributed by atoms with Gasteiger partial charge < -0.3 is 52.4 Å². The fourth-order valence-electron chi connectivity index (χ4n) is 0. The van der Waals surface area contributed by atoms with Gasteiger partial charge >= 0.3 is 75.0 Å². The van der Waals surface area contributed by atoms with Crippen LogP contribution in [0.4, 0.5) is 0 Å². The summed E-state index contributed by atoms with van der Waals surface area (Å²) in [4.78, 5) is 47.2. The second-order valence-corrected chi connectivity index (χ2v) is 2.88. The summed E-state index contributed by atoms with van der Waals surface area (Å²) < 4.78 is 17.4. The topological polar surface area (TPSA) is 269 Å². The van der Waals surface area contributed by atoms with Crippen LogP contribution in [0.15, 0.2) is 0 Å². The maximum absolute atomic E-state index is 8.88. The molecule has 0 bridgehead atoms. The molecule has 0 fully saturated rings. The number of hydrogen-bond acceptors (Lipinski definition) is 8. The molecule has 0 saturated heterocycles. The third-order valence-corrected chi connectivity index (χ3v) is 0. The van der Waals surface area contributed by atoms with Crippen LogP contribution >= 0.6 is 15.6 Å². The molecule has 0 aromatic rings. The Hall–Kier alpha value is 2.32. The predicted molar refractivity (Wildman–Crippen MR) is 36.9 cm³/mol. The van der Waals surface area contributed by atoms with Crippen molar-refractivity contribution in [3.8, 4) is 0 Å². The number of rotatable bonds is 0. The minimum absolute atomic E-state index is 0. The molecule has 16 heavy (non-hydrogen) atoms. The molecule has 0 heterocycles. The fraction of sp³-hybridized carbons (Fsp3) is 0. The van der Waals surface area contributed by atoms with Crippen molar-refractivity contribution in [2.75, 3.05) is 0 Å². The molecule has 0 unspecified atom stereocenters. The quantitative estimate of drug-likeness (QED) is 0.125. The standard InChI is InChI=1S/3Ag.3H3N.2H3O4P/c;;;;;;2*1-5(2,3)4/h;;;3*1H3;2*(H3,1,2,3,4)/q3*+1;;;;;/p-3. The Morgan fingerprint density at radius 1 is 0.688 bits per heavy atom. The Balaban J connectivity index is -0.00000000970. The van der Waals surface area contributed by atoms with Gasteiger partial charge in [0, 0.05) is 0 Å². The van der Waals surface area contributed by atoms with E-state index in [2.05, 4.69) is 0 Å². The van der Waals surface area contributed by atoms with E-state index in [1.807, 2.05) is 0 Å². The molecule has 0 atom stereocenters. The van der Waals surface area contributed by atoms with Crippen LogP contribution in [0.5, 0.6) is 0 Å². The summed E-state index contributed by atoms with van der Waals surface area (Å²) in [7, 11) is -10.0. The minimum atomic E-state index is -5.39. The molecular formula is H12Ag3N3O8P2. The molecule has 0 aromatic heterocycles. The molecule has 118 valence electrons. The summed E-state index contributed by atoms with van der Waals surface area (Å²) in [6.45, 7) is 0. The average Bonchev–Trinajstić information content (AvgIpc) is 1.12. The Labute approximate surface area is 139 Å². The van der Waals surface area contributed by atoms with Gasteiger partial charge in [-0.15, -0.1) is 0 Å². The minimum Gasteiger partial charge on any atom is -0.822 e.